The van der Waals surface area contributed by atoms with Crippen LogP contribution in [0.15, 0.2) is 6.20 Å². The molecule has 1 aromatic rings. The van der Waals surface area contributed by atoms with Crippen LogP contribution in [0.25, 0.3) is 0 Å². The SMILES string of the molecule is CC1CN(c2cnnc(Cl)n2)CC(C)O1. The molecule has 0 saturated carbocycles. The molecule has 1 aromatic heterocycles. The van der Waals surface area contributed by atoms with Crippen molar-refractivity contribution >= 4 is 17.4 Å². The molecule has 1 saturated heterocycles. The lowest BCUT2D eigenvalue weighted by molar-refractivity contribution is -0.00549. The fraction of sp³-hybridized carbons (Fsp3) is 0.667. The van der Waals surface area contributed by atoms with Gasteiger partial charge in [0.1, 0.15) is 0 Å². The van der Waals surface area contributed by atoms with Crippen molar-refractivity contribution in [3.05, 3.63) is 11.5 Å². The Balaban J connectivity index is 2.16. The standard InChI is InChI=1S/C9H13ClN4O/c1-6-4-14(5-7(2)15-6)8-3-11-13-9(10)12-8/h3,6-7H,4-5H2,1-2H3. The van der Waals surface area contributed by atoms with E-state index in [9.17, 15) is 0 Å². The van der Waals surface area contributed by atoms with Gasteiger partial charge in [0.05, 0.1) is 18.4 Å². The fourth-order valence-corrected chi connectivity index (χ4v) is 1.92. The van der Waals surface area contributed by atoms with Crippen LogP contribution in [0.1, 0.15) is 13.8 Å². The lowest BCUT2D eigenvalue weighted by atomic mass is 10.2. The number of rotatable bonds is 1. The number of halogens is 1. The van der Waals surface area contributed by atoms with Crippen LogP contribution in [-0.2, 0) is 4.74 Å². The molecule has 2 heterocycles. The van der Waals surface area contributed by atoms with Gasteiger partial charge in [0.2, 0.25) is 5.28 Å². The lowest BCUT2D eigenvalue weighted by Gasteiger charge is -2.35. The van der Waals surface area contributed by atoms with E-state index in [1.807, 2.05) is 13.8 Å². The Hall–Kier alpha value is -0.940. The molecule has 0 N–H and O–H groups in total. The van der Waals surface area contributed by atoms with E-state index in [1.165, 1.54) is 0 Å². The number of hydrogen-bond acceptors (Lipinski definition) is 5. The molecule has 0 aromatic carbocycles. The Morgan fingerprint density at radius 1 is 1.40 bits per heavy atom. The van der Waals surface area contributed by atoms with Crippen molar-refractivity contribution in [1.29, 1.82) is 0 Å². The highest BCUT2D eigenvalue weighted by molar-refractivity contribution is 6.28. The van der Waals surface area contributed by atoms with Gasteiger partial charge < -0.3 is 9.64 Å². The van der Waals surface area contributed by atoms with Crippen molar-refractivity contribution in [2.24, 2.45) is 0 Å². The summed E-state index contributed by atoms with van der Waals surface area (Å²) in [5, 5.41) is 7.58. The second-order valence-electron chi connectivity index (χ2n) is 3.75. The highest BCUT2D eigenvalue weighted by Crippen LogP contribution is 2.17. The summed E-state index contributed by atoms with van der Waals surface area (Å²) >= 11 is 5.69. The molecule has 82 valence electrons. The average Bonchev–Trinajstić information content (AvgIpc) is 2.16. The third-order valence-electron chi connectivity index (χ3n) is 2.26. The van der Waals surface area contributed by atoms with Crippen LogP contribution in [0.3, 0.4) is 0 Å². The molecule has 0 bridgehead atoms. The van der Waals surface area contributed by atoms with Crippen molar-refractivity contribution in [2.75, 3.05) is 18.0 Å². The first-order valence-electron chi connectivity index (χ1n) is 4.91. The summed E-state index contributed by atoms with van der Waals surface area (Å²) in [7, 11) is 0. The van der Waals surface area contributed by atoms with E-state index in [4.69, 9.17) is 16.3 Å². The zero-order chi connectivity index (χ0) is 10.8. The predicted octanol–water partition coefficient (Wildman–Crippen LogP) is 1.14. The van der Waals surface area contributed by atoms with Gasteiger partial charge in [-0.3, -0.25) is 0 Å². The van der Waals surface area contributed by atoms with Gasteiger partial charge in [0.15, 0.2) is 5.82 Å². The Bertz CT molecular complexity index is 339. The maximum atomic E-state index is 5.69. The van der Waals surface area contributed by atoms with Crippen LogP contribution in [-0.4, -0.2) is 40.5 Å². The first-order valence-corrected chi connectivity index (χ1v) is 5.28. The van der Waals surface area contributed by atoms with Crippen LogP contribution in [0.5, 0.6) is 0 Å². The number of anilines is 1. The topological polar surface area (TPSA) is 51.1 Å². The van der Waals surface area contributed by atoms with Crippen LogP contribution in [0, 0.1) is 0 Å². The van der Waals surface area contributed by atoms with E-state index < -0.39 is 0 Å². The van der Waals surface area contributed by atoms with Gasteiger partial charge >= 0.3 is 0 Å². The van der Waals surface area contributed by atoms with Crippen LogP contribution >= 0.6 is 11.6 Å². The molecular weight excluding hydrogens is 216 g/mol. The summed E-state index contributed by atoms with van der Waals surface area (Å²) in [6.45, 7) is 5.69. The monoisotopic (exact) mass is 228 g/mol. The van der Waals surface area contributed by atoms with Gasteiger partial charge in [-0.15, -0.1) is 5.10 Å². The summed E-state index contributed by atoms with van der Waals surface area (Å²) in [5.41, 5.74) is 0. The van der Waals surface area contributed by atoms with Crippen molar-refractivity contribution < 1.29 is 4.74 Å². The van der Waals surface area contributed by atoms with Crippen molar-refractivity contribution in [1.82, 2.24) is 15.2 Å². The van der Waals surface area contributed by atoms with Gasteiger partial charge in [0.25, 0.3) is 0 Å². The average molecular weight is 229 g/mol. The molecule has 5 nitrogen and oxygen atoms in total. The zero-order valence-corrected chi connectivity index (χ0v) is 9.48. The van der Waals surface area contributed by atoms with E-state index in [-0.39, 0.29) is 17.5 Å². The van der Waals surface area contributed by atoms with E-state index in [1.54, 1.807) is 6.20 Å². The molecule has 1 aliphatic rings. The van der Waals surface area contributed by atoms with Gasteiger partial charge in [-0.2, -0.15) is 10.1 Å². The minimum Gasteiger partial charge on any atom is -0.372 e. The molecule has 2 rings (SSSR count). The van der Waals surface area contributed by atoms with Crippen LogP contribution < -0.4 is 4.90 Å². The third-order valence-corrected chi connectivity index (χ3v) is 2.42. The van der Waals surface area contributed by atoms with E-state index in [2.05, 4.69) is 20.1 Å². The first kappa shape index (κ1) is 10.6. The highest BCUT2D eigenvalue weighted by Gasteiger charge is 2.23. The van der Waals surface area contributed by atoms with Gasteiger partial charge in [-0.05, 0) is 25.4 Å². The highest BCUT2D eigenvalue weighted by atomic mass is 35.5. The Morgan fingerprint density at radius 3 is 2.67 bits per heavy atom. The summed E-state index contributed by atoms with van der Waals surface area (Å²) in [6.07, 6.45) is 2.02. The molecule has 1 aliphatic heterocycles. The number of hydrogen-bond donors (Lipinski definition) is 0. The zero-order valence-electron chi connectivity index (χ0n) is 8.72. The smallest absolute Gasteiger partial charge is 0.244 e. The molecule has 15 heavy (non-hydrogen) atoms. The van der Waals surface area contributed by atoms with Crippen LogP contribution in [0.4, 0.5) is 5.82 Å². The second-order valence-corrected chi connectivity index (χ2v) is 4.08. The largest absolute Gasteiger partial charge is 0.372 e. The quantitative estimate of drug-likeness (QED) is 0.722. The third kappa shape index (κ3) is 2.54. The summed E-state index contributed by atoms with van der Waals surface area (Å²) in [5.74, 6) is 0.761. The van der Waals surface area contributed by atoms with Gasteiger partial charge in [0, 0.05) is 13.1 Å². The normalized spacial score (nSPS) is 26.7. The Morgan fingerprint density at radius 2 is 2.07 bits per heavy atom. The van der Waals surface area contributed by atoms with Crippen molar-refractivity contribution in [3.63, 3.8) is 0 Å². The molecule has 0 amide bonds. The molecule has 2 unspecified atom stereocenters. The second kappa shape index (κ2) is 4.28. The summed E-state index contributed by atoms with van der Waals surface area (Å²) in [6, 6.07) is 0. The fourth-order valence-electron chi connectivity index (χ4n) is 1.79. The van der Waals surface area contributed by atoms with Crippen molar-refractivity contribution in [3.8, 4) is 0 Å². The van der Waals surface area contributed by atoms with E-state index in [0.29, 0.717) is 0 Å². The molecule has 0 radical (unpaired) electrons. The maximum absolute atomic E-state index is 5.69. The van der Waals surface area contributed by atoms with Crippen LogP contribution in [0.2, 0.25) is 5.28 Å². The summed E-state index contributed by atoms with van der Waals surface area (Å²) < 4.78 is 5.63. The Labute approximate surface area is 93.4 Å². The minimum atomic E-state index is 0.180. The Kier molecular flexibility index (Phi) is 3.02. The lowest BCUT2D eigenvalue weighted by Crippen LogP contribution is -2.45. The number of morpholine rings is 1. The molecule has 0 aliphatic carbocycles. The summed E-state index contributed by atoms with van der Waals surface area (Å²) in [4.78, 5) is 6.24. The predicted molar refractivity (Wildman–Crippen MR) is 57.1 cm³/mol. The van der Waals surface area contributed by atoms with Gasteiger partial charge in [-0.25, -0.2) is 0 Å². The maximum Gasteiger partial charge on any atom is 0.244 e. The minimum absolute atomic E-state index is 0.180. The molecule has 6 heteroatoms. The number of ether oxygens (including phenoxy) is 1. The first-order chi connectivity index (χ1) is 7.15. The molecule has 1 fully saturated rings. The van der Waals surface area contributed by atoms with E-state index in [0.717, 1.165) is 18.9 Å². The number of aromatic nitrogens is 3. The molecule has 0 spiro atoms. The van der Waals surface area contributed by atoms with Crippen molar-refractivity contribution in [2.45, 2.75) is 26.1 Å². The van der Waals surface area contributed by atoms with Gasteiger partial charge in [-0.1, -0.05) is 0 Å². The molecular formula is C9H13ClN4O. The number of nitrogens with zero attached hydrogens (tertiary/aromatic N) is 4. The molecule has 2 atom stereocenters. The van der Waals surface area contributed by atoms with E-state index >= 15 is 0 Å².